The Morgan fingerprint density at radius 2 is 2.04 bits per heavy atom. The number of carbonyl (C=O) groups is 2. The van der Waals surface area contributed by atoms with Gasteiger partial charge in [-0.05, 0) is 6.07 Å². The van der Waals surface area contributed by atoms with Crippen LogP contribution >= 0.6 is 0 Å². The Balaban J connectivity index is 2.00. The Labute approximate surface area is 132 Å². The first-order valence-electron chi connectivity index (χ1n) is 6.74. The van der Waals surface area contributed by atoms with Crippen molar-refractivity contribution in [1.82, 2.24) is 10.1 Å². The molecule has 2 aliphatic rings. The van der Waals surface area contributed by atoms with Crippen LogP contribution in [0.4, 0.5) is 10.5 Å². The van der Waals surface area contributed by atoms with E-state index in [1.807, 2.05) is 0 Å². The quantitative estimate of drug-likeness (QED) is 0.729. The molecule has 0 aromatic heterocycles. The second-order valence-corrected chi connectivity index (χ2v) is 6.93. The number of hydrogen-bond donors (Lipinski definition) is 0. The molecule has 124 valence electrons. The third kappa shape index (κ3) is 2.49. The molecule has 23 heavy (non-hydrogen) atoms. The van der Waals surface area contributed by atoms with E-state index in [0.717, 1.165) is 20.7 Å². The first kappa shape index (κ1) is 15.6. The normalized spacial score (nSPS) is 19.8. The van der Waals surface area contributed by atoms with Gasteiger partial charge in [-0.25, -0.2) is 23.0 Å². The van der Waals surface area contributed by atoms with Gasteiger partial charge in [0.15, 0.2) is 6.61 Å². The number of methoxy groups -OCH3 is 1. The lowest BCUT2D eigenvalue weighted by atomic mass is 10.0. The van der Waals surface area contributed by atoms with E-state index in [1.165, 1.54) is 7.11 Å². The highest BCUT2D eigenvalue weighted by atomic mass is 32.2. The van der Waals surface area contributed by atoms with E-state index in [0.29, 0.717) is 11.3 Å². The van der Waals surface area contributed by atoms with Crippen molar-refractivity contribution < 1.29 is 27.6 Å². The number of nitrogens with zero attached hydrogens (tertiary/aromatic N) is 3. The van der Waals surface area contributed by atoms with Crippen LogP contribution in [0.1, 0.15) is 11.6 Å². The number of hydrazine groups is 1. The molecule has 2 amide bonds. The van der Waals surface area contributed by atoms with Gasteiger partial charge in [-0.15, -0.1) is 0 Å². The highest BCUT2D eigenvalue weighted by molar-refractivity contribution is 7.92. The molecule has 0 saturated carbocycles. The van der Waals surface area contributed by atoms with Crippen LogP contribution in [0.25, 0.3) is 0 Å². The van der Waals surface area contributed by atoms with Crippen LogP contribution in [-0.4, -0.2) is 57.0 Å². The van der Waals surface area contributed by atoms with Gasteiger partial charge in [-0.2, -0.15) is 9.48 Å². The minimum absolute atomic E-state index is 0.115. The van der Waals surface area contributed by atoms with Crippen LogP contribution in [0, 0.1) is 0 Å². The van der Waals surface area contributed by atoms with Gasteiger partial charge >= 0.3 is 12.0 Å². The molecule has 1 aromatic carbocycles. The van der Waals surface area contributed by atoms with Crippen LogP contribution in [0.3, 0.4) is 0 Å². The molecule has 0 spiro atoms. The molecule has 1 saturated heterocycles. The summed E-state index contributed by atoms with van der Waals surface area (Å²) in [6.07, 6.45) is 1.02. The van der Waals surface area contributed by atoms with Crippen molar-refractivity contribution in [3.8, 4) is 0 Å². The van der Waals surface area contributed by atoms with Crippen LogP contribution in [0.2, 0.25) is 0 Å². The zero-order valence-corrected chi connectivity index (χ0v) is 13.3. The van der Waals surface area contributed by atoms with E-state index in [4.69, 9.17) is 4.84 Å². The molecule has 2 bridgehead atoms. The van der Waals surface area contributed by atoms with Crippen LogP contribution in [0.5, 0.6) is 0 Å². The van der Waals surface area contributed by atoms with Gasteiger partial charge in [0.2, 0.25) is 10.0 Å². The standard InChI is InChI=1S/C13H15N3O6S/c1-21-12(17)8-22-15-11-7-14(13(15)18)16(23(2,19)20)10-6-4-3-5-9(10)11/h3-6,11H,7-8H2,1-2H3. The number of esters is 1. The number of amides is 2. The zero-order chi connectivity index (χ0) is 16.8. The van der Waals surface area contributed by atoms with Crippen molar-refractivity contribution in [2.24, 2.45) is 0 Å². The first-order chi connectivity index (χ1) is 10.8. The molecule has 1 fully saturated rings. The fourth-order valence-corrected chi connectivity index (χ4v) is 3.72. The topological polar surface area (TPSA) is 96.5 Å². The summed E-state index contributed by atoms with van der Waals surface area (Å²) in [6.45, 7) is -0.322. The van der Waals surface area contributed by atoms with Crippen LogP contribution in [0.15, 0.2) is 24.3 Å². The van der Waals surface area contributed by atoms with Gasteiger partial charge < -0.3 is 4.74 Å². The van der Waals surface area contributed by atoms with Gasteiger partial charge in [0.25, 0.3) is 0 Å². The Morgan fingerprint density at radius 3 is 2.70 bits per heavy atom. The fourth-order valence-electron chi connectivity index (χ4n) is 2.70. The minimum atomic E-state index is -3.70. The number of hydrogen-bond acceptors (Lipinski definition) is 6. The molecular weight excluding hydrogens is 326 g/mol. The third-order valence-electron chi connectivity index (χ3n) is 3.62. The van der Waals surface area contributed by atoms with E-state index in [9.17, 15) is 18.0 Å². The van der Waals surface area contributed by atoms with E-state index >= 15 is 0 Å². The Morgan fingerprint density at radius 1 is 1.35 bits per heavy atom. The first-order valence-corrected chi connectivity index (χ1v) is 8.59. The third-order valence-corrected chi connectivity index (χ3v) is 4.64. The van der Waals surface area contributed by atoms with Crippen molar-refractivity contribution in [2.45, 2.75) is 6.04 Å². The number of hydroxylamine groups is 2. The number of para-hydroxylation sites is 1. The summed E-state index contributed by atoms with van der Waals surface area (Å²) in [6, 6.07) is 5.63. The smallest absolute Gasteiger partial charge is 0.364 e. The molecule has 0 aliphatic carbocycles. The highest BCUT2D eigenvalue weighted by Gasteiger charge is 2.50. The summed E-state index contributed by atoms with van der Waals surface area (Å²) in [5.41, 5.74) is 1.02. The fraction of sp³-hybridized carbons (Fsp3) is 0.385. The van der Waals surface area contributed by atoms with Crippen molar-refractivity contribution in [1.29, 1.82) is 0 Å². The predicted molar refractivity (Wildman–Crippen MR) is 78.4 cm³/mol. The van der Waals surface area contributed by atoms with Crippen molar-refractivity contribution in [3.05, 3.63) is 29.8 Å². The Bertz CT molecular complexity index is 765. The average Bonchev–Trinajstić information content (AvgIpc) is 2.77. The summed E-state index contributed by atoms with van der Waals surface area (Å²) >= 11 is 0. The number of sulfonamides is 1. The maximum Gasteiger partial charge on any atom is 0.364 e. The second-order valence-electron chi connectivity index (χ2n) is 5.12. The number of fused-ring (bicyclic) bond motifs is 4. The minimum Gasteiger partial charge on any atom is -0.467 e. The SMILES string of the molecule is COC(=O)CON1C(=O)N2CC1c1ccccc1N2S(C)(=O)=O. The molecule has 1 aromatic rings. The number of anilines is 1. The van der Waals surface area contributed by atoms with E-state index in [2.05, 4.69) is 4.74 Å². The van der Waals surface area contributed by atoms with Crippen molar-refractivity contribution >= 4 is 27.7 Å². The van der Waals surface area contributed by atoms with Gasteiger partial charge in [0.05, 0.1) is 25.6 Å². The molecule has 0 N–H and O–H groups in total. The van der Waals surface area contributed by atoms with Gasteiger partial charge in [0, 0.05) is 5.56 Å². The Hall–Kier alpha value is -2.33. The monoisotopic (exact) mass is 341 g/mol. The molecule has 10 heteroatoms. The second kappa shape index (κ2) is 5.39. The van der Waals surface area contributed by atoms with E-state index in [-0.39, 0.29) is 6.54 Å². The van der Waals surface area contributed by atoms with Gasteiger partial charge in [0.1, 0.15) is 6.04 Å². The zero-order valence-electron chi connectivity index (χ0n) is 12.5. The lowest BCUT2D eigenvalue weighted by molar-refractivity contribution is -0.170. The molecule has 9 nitrogen and oxygen atoms in total. The maximum atomic E-state index is 12.5. The largest absolute Gasteiger partial charge is 0.467 e. The molecule has 0 radical (unpaired) electrons. The summed E-state index contributed by atoms with van der Waals surface area (Å²) in [7, 11) is -2.49. The summed E-state index contributed by atoms with van der Waals surface area (Å²) in [4.78, 5) is 29.0. The van der Waals surface area contributed by atoms with E-state index in [1.54, 1.807) is 24.3 Å². The molecule has 1 unspecified atom stereocenters. The van der Waals surface area contributed by atoms with Crippen molar-refractivity contribution in [3.63, 3.8) is 0 Å². The number of urea groups is 1. The summed E-state index contributed by atoms with van der Waals surface area (Å²) in [5, 5.41) is 2.10. The molecule has 2 aliphatic heterocycles. The maximum absolute atomic E-state index is 12.5. The average molecular weight is 341 g/mol. The summed E-state index contributed by atoms with van der Waals surface area (Å²) < 4.78 is 29.6. The predicted octanol–water partition coefficient (Wildman–Crippen LogP) is 0.264. The molecule has 1 atom stereocenters. The lowest BCUT2D eigenvalue weighted by Gasteiger charge is -2.34. The van der Waals surface area contributed by atoms with Crippen LogP contribution < -0.4 is 4.41 Å². The van der Waals surface area contributed by atoms with Crippen molar-refractivity contribution in [2.75, 3.05) is 30.9 Å². The molecule has 3 rings (SSSR count). The van der Waals surface area contributed by atoms with Gasteiger partial charge in [-0.1, -0.05) is 18.2 Å². The molecule has 2 heterocycles. The number of rotatable bonds is 4. The highest BCUT2D eigenvalue weighted by Crippen LogP contribution is 2.43. The van der Waals surface area contributed by atoms with Gasteiger partial charge in [-0.3, -0.25) is 4.84 Å². The Kier molecular flexibility index (Phi) is 3.65. The lowest BCUT2D eigenvalue weighted by Crippen LogP contribution is -2.49. The number of carbonyl (C=O) groups excluding carboxylic acids is 2. The summed E-state index contributed by atoms with van der Waals surface area (Å²) in [5.74, 6) is -0.637. The van der Waals surface area contributed by atoms with E-state index < -0.39 is 34.7 Å². The number of ether oxygens (including phenoxy) is 1. The van der Waals surface area contributed by atoms with Crippen LogP contribution in [-0.2, 0) is 24.4 Å². The molecular formula is C13H15N3O6S. The number of benzene rings is 1.